The molecule has 1 aliphatic heterocycles. The fraction of sp³-hybridized carbons (Fsp3) is 0.357. The van der Waals surface area contributed by atoms with Crippen LogP contribution in [-0.2, 0) is 20.8 Å². The van der Waals surface area contributed by atoms with Crippen molar-refractivity contribution in [2.24, 2.45) is 5.73 Å². The minimum atomic E-state index is -0.776. The van der Waals surface area contributed by atoms with Crippen LogP contribution < -0.4 is 16.4 Å². The smallest absolute Gasteiger partial charge is 0.243 e. The van der Waals surface area contributed by atoms with Crippen molar-refractivity contribution in [3.8, 4) is 0 Å². The summed E-state index contributed by atoms with van der Waals surface area (Å²) in [5.74, 6) is -1.11. The van der Waals surface area contributed by atoms with Crippen LogP contribution in [0.1, 0.15) is 18.4 Å². The number of amides is 3. The first-order chi connectivity index (χ1) is 9.56. The summed E-state index contributed by atoms with van der Waals surface area (Å²) in [5.41, 5.74) is 6.23. The van der Waals surface area contributed by atoms with Gasteiger partial charge in [0.05, 0.1) is 0 Å². The van der Waals surface area contributed by atoms with Crippen LogP contribution in [0.5, 0.6) is 0 Å². The molecule has 0 aromatic heterocycles. The van der Waals surface area contributed by atoms with E-state index < -0.39 is 18.0 Å². The number of benzene rings is 1. The average molecular weight is 275 g/mol. The summed E-state index contributed by atoms with van der Waals surface area (Å²) >= 11 is 0. The van der Waals surface area contributed by atoms with E-state index in [2.05, 4.69) is 10.6 Å². The number of nitrogens with one attached hydrogen (secondary N) is 2. The largest absolute Gasteiger partial charge is 0.368 e. The zero-order chi connectivity index (χ0) is 14.5. The molecule has 0 radical (unpaired) electrons. The van der Waals surface area contributed by atoms with Gasteiger partial charge in [-0.3, -0.25) is 14.4 Å². The van der Waals surface area contributed by atoms with E-state index in [1.54, 1.807) is 0 Å². The van der Waals surface area contributed by atoms with Crippen LogP contribution in [0.4, 0.5) is 0 Å². The van der Waals surface area contributed by atoms with Crippen molar-refractivity contribution in [2.45, 2.75) is 31.3 Å². The Kier molecular flexibility index (Phi) is 4.34. The Labute approximate surface area is 116 Å². The highest BCUT2D eigenvalue weighted by atomic mass is 16.2. The van der Waals surface area contributed by atoms with Crippen LogP contribution in [0.3, 0.4) is 0 Å². The van der Waals surface area contributed by atoms with Crippen LogP contribution in [0.2, 0.25) is 0 Å². The fourth-order valence-electron chi connectivity index (χ4n) is 2.16. The van der Waals surface area contributed by atoms with Crippen LogP contribution in [-0.4, -0.2) is 29.8 Å². The van der Waals surface area contributed by atoms with E-state index in [0.717, 1.165) is 5.56 Å². The highest BCUT2D eigenvalue weighted by Crippen LogP contribution is 2.08. The summed E-state index contributed by atoms with van der Waals surface area (Å²) in [5, 5.41) is 5.16. The monoisotopic (exact) mass is 275 g/mol. The van der Waals surface area contributed by atoms with Gasteiger partial charge >= 0.3 is 0 Å². The molecule has 0 saturated carbocycles. The van der Waals surface area contributed by atoms with Crippen molar-refractivity contribution >= 4 is 17.7 Å². The van der Waals surface area contributed by atoms with Gasteiger partial charge in [0.1, 0.15) is 12.1 Å². The summed E-state index contributed by atoms with van der Waals surface area (Å²) in [6.07, 6.45) is 1.11. The number of primary amides is 1. The first-order valence-corrected chi connectivity index (χ1v) is 6.49. The maximum Gasteiger partial charge on any atom is 0.243 e. The van der Waals surface area contributed by atoms with E-state index in [1.807, 2.05) is 30.3 Å². The van der Waals surface area contributed by atoms with Crippen molar-refractivity contribution in [1.29, 1.82) is 0 Å². The van der Waals surface area contributed by atoms with Gasteiger partial charge in [0, 0.05) is 12.8 Å². The molecule has 0 aliphatic carbocycles. The molecule has 6 heteroatoms. The summed E-state index contributed by atoms with van der Waals surface area (Å²) in [6.45, 7) is 0. The third-order valence-corrected chi connectivity index (χ3v) is 3.25. The van der Waals surface area contributed by atoms with Crippen LogP contribution in [0, 0.1) is 0 Å². The summed E-state index contributed by atoms with van der Waals surface area (Å²) in [4.78, 5) is 34.5. The molecule has 6 nitrogen and oxygen atoms in total. The number of rotatable bonds is 5. The fourth-order valence-corrected chi connectivity index (χ4v) is 2.16. The van der Waals surface area contributed by atoms with E-state index >= 15 is 0 Å². The Morgan fingerprint density at radius 3 is 2.60 bits per heavy atom. The molecule has 3 amide bonds. The topological polar surface area (TPSA) is 101 Å². The highest BCUT2D eigenvalue weighted by Gasteiger charge is 2.29. The third-order valence-electron chi connectivity index (χ3n) is 3.25. The summed E-state index contributed by atoms with van der Waals surface area (Å²) in [6, 6.07) is 7.95. The van der Waals surface area contributed by atoms with E-state index in [9.17, 15) is 14.4 Å². The summed E-state index contributed by atoms with van der Waals surface area (Å²) in [7, 11) is 0. The lowest BCUT2D eigenvalue weighted by Gasteiger charge is -2.18. The number of carbonyl (C=O) groups is 3. The van der Waals surface area contributed by atoms with E-state index in [0.29, 0.717) is 19.3 Å². The minimum Gasteiger partial charge on any atom is -0.368 e. The standard InChI is InChI=1S/C14H17N3O3/c15-13(19)11(8-9-4-2-1-3-5-9)17-14(20)10-6-7-12(18)16-10/h1-5,10-11H,6-8H2,(H2,15,19)(H,16,18)(H,17,20)/t10-,11+/m0/s1. The van der Waals surface area contributed by atoms with Crippen LogP contribution in [0.15, 0.2) is 30.3 Å². The first kappa shape index (κ1) is 14.0. The highest BCUT2D eigenvalue weighted by molar-refractivity contribution is 5.93. The van der Waals surface area contributed by atoms with Crippen LogP contribution in [0.25, 0.3) is 0 Å². The maximum atomic E-state index is 12.0. The molecule has 20 heavy (non-hydrogen) atoms. The van der Waals surface area contributed by atoms with Crippen molar-refractivity contribution in [2.75, 3.05) is 0 Å². The molecule has 2 atom stereocenters. The van der Waals surface area contributed by atoms with E-state index in [1.165, 1.54) is 0 Å². The second kappa shape index (κ2) is 6.18. The quantitative estimate of drug-likeness (QED) is 0.673. The van der Waals surface area contributed by atoms with Gasteiger partial charge in [0.2, 0.25) is 17.7 Å². The van der Waals surface area contributed by atoms with Crippen molar-refractivity contribution in [3.05, 3.63) is 35.9 Å². The van der Waals surface area contributed by atoms with Gasteiger partial charge in [-0.1, -0.05) is 30.3 Å². The molecular weight excluding hydrogens is 258 g/mol. The predicted octanol–water partition coefficient (Wildman–Crippen LogP) is -0.522. The van der Waals surface area contributed by atoms with Crippen molar-refractivity contribution in [3.63, 3.8) is 0 Å². The number of carbonyl (C=O) groups excluding carboxylic acids is 3. The maximum absolute atomic E-state index is 12.0. The van der Waals surface area contributed by atoms with Gasteiger partial charge in [-0.25, -0.2) is 0 Å². The molecular formula is C14H17N3O3. The Morgan fingerprint density at radius 2 is 2.05 bits per heavy atom. The Bertz CT molecular complexity index is 516. The van der Waals surface area contributed by atoms with Gasteiger partial charge in [0.15, 0.2) is 0 Å². The van der Waals surface area contributed by atoms with Gasteiger partial charge in [-0.2, -0.15) is 0 Å². The molecule has 0 bridgehead atoms. The summed E-state index contributed by atoms with van der Waals surface area (Å²) < 4.78 is 0. The molecule has 106 valence electrons. The van der Waals surface area contributed by atoms with E-state index in [4.69, 9.17) is 5.73 Å². The Morgan fingerprint density at radius 1 is 1.35 bits per heavy atom. The second-order valence-corrected chi connectivity index (χ2v) is 4.81. The second-order valence-electron chi connectivity index (χ2n) is 4.81. The molecule has 1 aliphatic rings. The molecule has 2 rings (SSSR count). The number of hydrogen-bond acceptors (Lipinski definition) is 3. The Hall–Kier alpha value is -2.37. The molecule has 1 fully saturated rings. The van der Waals surface area contributed by atoms with Gasteiger partial charge in [0.25, 0.3) is 0 Å². The zero-order valence-electron chi connectivity index (χ0n) is 11.0. The third kappa shape index (κ3) is 3.57. The lowest BCUT2D eigenvalue weighted by Crippen LogP contribution is -2.51. The minimum absolute atomic E-state index is 0.149. The van der Waals surface area contributed by atoms with Crippen molar-refractivity contribution in [1.82, 2.24) is 10.6 Å². The van der Waals surface area contributed by atoms with Gasteiger partial charge in [-0.15, -0.1) is 0 Å². The number of hydrogen-bond donors (Lipinski definition) is 3. The molecule has 1 aromatic carbocycles. The molecule has 1 heterocycles. The predicted molar refractivity (Wildman–Crippen MR) is 72.4 cm³/mol. The lowest BCUT2D eigenvalue weighted by molar-refractivity contribution is -0.129. The lowest BCUT2D eigenvalue weighted by atomic mass is 10.0. The molecule has 1 saturated heterocycles. The average Bonchev–Trinajstić information content (AvgIpc) is 2.86. The molecule has 0 spiro atoms. The van der Waals surface area contributed by atoms with Gasteiger partial charge < -0.3 is 16.4 Å². The zero-order valence-corrected chi connectivity index (χ0v) is 11.0. The molecule has 0 unspecified atom stereocenters. The van der Waals surface area contributed by atoms with E-state index in [-0.39, 0.29) is 11.8 Å². The van der Waals surface area contributed by atoms with Crippen LogP contribution >= 0.6 is 0 Å². The van der Waals surface area contributed by atoms with Gasteiger partial charge in [-0.05, 0) is 12.0 Å². The molecule has 1 aromatic rings. The Balaban J connectivity index is 1.97. The molecule has 4 N–H and O–H groups in total. The van der Waals surface area contributed by atoms with Crippen molar-refractivity contribution < 1.29 is 14.4 Å². The normalized spacial score (nSPS) is 19.2. The SMILES string of the molecule is NC(=O)[C@@H](Cc1ccccc1)NC(=O)[C@@H]1CCC(=O)N1. The first-order valence-electron chi connectivity index (χ1n) is 6.49. The number of nitrogens with two attached hydrogens (primary N) is 1.